The first-order valence-electron chi connectivity index (χ1n) is 8.39. The van der Waals surface area contributed by atoms with Gasteiger partial charge in [-0.3, -0.25) is 4.79 Å². The Labute approximate surface area is 143 Å². The third-order valence-corrected chi connectivity index (χ3v) is 3.43. The number of ketones is 1. The van der Waals surface area contributed by atoms with E-state index in [9.17, 15) is 9.59 Å². The molecule has 1 aliphatic heterocycles. The Balaban J connectivity index is 0.00000139. The number of hydrogen-bond donors (Lipinski definition) is 2. The number of rotatable bonds is 6. The van der Waals surface area contributed by atoms with Crippen molar-refractivity contribution in [3.8, 4) is 0 Å². The van der Waals surface area contributed by atoms with Crippen molar-refractivity contribution >= 4 is 23.7 Å². The molecule has 0 saturated carbocycles. The highest BCUT2D eigenvalue weighted by Gasteiger charge is 2.19. The number of carbonyl (C=O) groups excluding carboxylic acids is 2. The molecule has 0 aromatic heterocycles. The summed E-state index contributed by atoms with van der Waals surface area (Å²) < 4.78 is 10.3. The van der Waals surface area contributed by atoms with E-state index in [-0.39, 0.29) is 18.4 Å². The molecular formula is C18H26N2O4. The van der Waals surface area contributed by atoms with Gasteiger partial charge in [0.1, 0.15) is 6.23 Å². The number of benzene rings is 1. The number of ether oxygens (including phenoxy) is 2. The maximum atomic E-state index is 11.9. The number of Topliss-reactive ketones (excluding diaryl/α,β-unsaturated/α-hetero) is 1. The summed E-state index contributed by atoms with van der Waals surface area (Å²) >= 11 is 0. The SMILES string of the molecule is CC.CCOC(=O)C(=O)c1ccc(NC2CCCCO2)c(C=N)c1. The molecule has 1 saturated heterocycles. The first-order chi connectivity index (χ1) is 11.7. The number of esters is 1. The van der Waals surface area contributed by atoms with Crippen molar-refractivity contribution in [2.24, 2.45) is 0 Å². The molecule has 0 spiro atoms. The van der Waals surface area contributed by atoms with Crippen LogP contribution in [-0.4, -0.2) is 37.4 Å². The van der Waals surface area contributed by atoms with Crippen LogP contribution in [0.3, 0.4) is 0 Å². The van der Waals surface area contributed by atoms with Gasteiger partial charge in [-0.1, -0.05) is 13.8 Å². The molecule has 132 valence electrons. The smallest absolute Gasteiger partial charge is 0.379 e. The normalized spacial score (nSPS) is 16.4. The van der Waals surface area contributed by atoms with E-state index in [2.05, 4.69) is 5.32 Å². The lowest BCUT2D eigenvalue weighted by molar-refractivity contribution is -0.137. The van der Waals surface area contributed by atoms with E-state index >= 15 is 0 Å². The van der Waals surface area contributed by atoms with Crippen molar-refractivity contribution in [3.63, 3.8) is 0 Å². The topological polar surface area (TPSA) is 88.5 Å². The molecule has 1 fully saturated rings. The lowest BCUT2D eigenvalue weighted by atomic mass is 10.1. The Hall–Kier alpha value is -2.21. The molecule has 0 bridgehead atoms. The van der Waals surface area contributed by atoms with E-state index in [0.29, 0.717) is 11.3 Å². The van der Waals surface area contributed by atoms with Crippen molar-refractivity contribution in [2.45, 2.75) is 46.3 Å². The first-order valence-corrected chi connectivity index (χ1v) is 8.39. The van der Waals surface area contributed by atoms with Crippen LogP contribution in [0.15, 0.2) is 18.2 Å². The first kappa shape index (κ1) is 19.8. The van der Waals surface area contributed by atoms with Gasteiger partial charge >= 0.3 is 5.97 Å². The standard InChI is InChI=1S/C16H20N2O4.C2H6/c1-2-21-16(20)15(19)11-6-7-13(12(9-11)10-17)18-14-5-3-4-8-22-14;1-2/h6-7,9-10,14,17-18H,2-5,8H2,1H3;1-2H3. The molecule has 6 nitrogen and oxygen atoms in total. The average Bonchev–Trinajstić information content (AvgIpc) is 2.64. The van der Waals surface area contributed by atoms with Crippen LogP contribution >= 0.6 is 0 Å². The molecule has 1 aliphatic rings. The molecule has 1 aromatic carbocycles. The average molecular weight is 334 g/mol. The second-order valence-corrected chi connectivity index (χ2v) is 5.00. The highest BCUT2D eigenvalue weighted by atomic mass is 16.5. The molecule has 2 N–H and O–H groups in total. The Morgan fingerprint density at radius 3 is 2.71 bits per heavy atom. The molecule has 6 heteroatoms. The zero-order valence-electron chi connectivity index (χ0n) is 14.6. The van der Waals surface area contributed by atoms with Crippen molar-refractivity contribution in [3.05, 3.63) is 29.3 Å². The van der Waals surface area contributed by atoms with Crippen molar-refractivity contribution in [2.75, 3.05) is 18.5 Å². The van der Waals surface area contributed by atoms with Gasteiger partial charge in [0.05, 0.1) is 6.61 Å². The van der Waals surface area contributed by atoms with Crippen LogP contribution in [0.25, 0.3) is 0 Å². The van der Waals surface area contributed by atoms with Gasteiger partial charge in [-0.15, -0.1) is 0 Å². The lowest BCUT2D eigenvalue weighted by Gasteiger charge is -2.25. The zero-order chi connectivity index (χ0) is 17.9. The molecule has 2 rings (SSSR count). The second-order valence-electron chi connectivity index (χ2n) is 5.00. The minimum atomic E-state index is -0.880. The summed E-state index contributed by atoms with van der Waals surface area (Å²) in [5.41, 5.74) is 1.46. The molecule has 0 radical (unpaired) electrons. The van der Waals surface area contributed by atoms with Crippen molar-refractivity contribution in [1.29, 1.82) is 5.41 Å². The summed E-state index contributed by atoms with van der Waals surface area (Å²) in [6, 6.07) is 4.75. The van der Waals surface area contributed by atoms with Crippen LogP contribution in [0, 0.1) is 5.41 Å². The van der Waals surface area contributed by atoms with Gasteiger partial charge in [-0.05, 0) is 44.4 Å². The second kappa shape index (κ2) is 10.5. The number of carbonyl (C=O) groups is 2. The number of nitrogens with one attached hydrogen (secondary N) is 2. The molecule has 24 heavy (non-hydrogen) atoms. The molecule has 1 aromatic rings. The molecular weight excluding hydrogens is 308 g/mol. The van der Waals surface area contributed by atoms with Crippen LogP contribution in [0.2, 0.25) is 0 Å². The van der Waals surface area contributed by atoms with Gasteiger partial charge < -0.3 is 20.2 Å². The largest absolute Gasteiger partial charge is 0.460 e. The Bertz CT molecular complexity index is 566. The van der Waals surface area contributed by atoms with Crippen molar-refractivity contribution < 1.29 is 19.1 Å². The zero-order valence-corrected chi connectivity index (χ0v) is 14.6. The van der Waals surface area contributed by atoms with Crippen LogP contribution in [0.5, 0.6) is 0 Å². The number of hydrogen-bond acceptors (Lipinski definition) is 6. The maximum absolute atomic E-state index is 11.9. The van der Waals surface area contributed by atoms with Crippen LogP contribution in [-0.2, 0) is 14.3 Å². The Morgan fingerprint density at radius 2 is 2.12 bits per heavy atom. The van der Waals surface area contributed by atoms with Gasteiger partial charge in [0.25, 0.3) is 5.78 Å². The van der Waals surface area contributed by atoms with E-state index in [1.807, 2.05) is 13.8 Å². The maximum Gasteiger partial charge on any atom is 0.379 e. The monoisotopic (exact) mass is 334 g/mol. The Morgan fingerprint density at radius 1 is 1.38 bits per heavy atom. The van der Waals surface area contributed by atoms with Gasteiger partial charge in [-0.25, -0.2) is 4.79 Å². The molecule has 1 atom stereocenters. The van der Waals surface area contributed by atoms with E-state index in [0.717, 1.165) is 32.1 Å². The van der Waals surface area contributed by atoms with Crippen LogP contribution in [0.1, 0.15) is 56.0 Å². The number of anilines is 1. The van der Waals surface area contributed by atoms with Gasteiger partial charge in [0.15, 0.2) is 0 Å². The van der Waals surface area contributed by atoms with E-state index in [1.165, 1.54) is 6.07 Å². The van der Waals surface area contributed by atoms with Gasteiger partial charge in [-0.2, -0.15) is 0 Å². The molecule has 1 heterocycles. The third kappa shape index (κ3) is 5.45. The molecule has 0 aliphatic carbocycles. The predicted octanol–water partition coefficient (Wildman–Crippen LogP) is 3.39. The third-order valence-electron chi connectivity index (χ3n) is 3.43. The fourth-order valence-electron chi connectivity index (χ4n) is 2.30. The summed E-state index contributed by atoms with van der Waals surface area (Å²) in [6.07, 6.45) is 4.12. The quantitative estimate of drug-likeness (QED) is 0.360. The summed E-state index contributed by atoms with van der Waals surface area (Å²) in [5, 5.41) is 10.7. The fraction of sp³-hybridized carbons (Fsp3) is 0.500. The molecule has 1 unspecified atom stereocenters. The minimum Gasteiger partial charge on any atom is -0.460 e. The van der Waals surface area contributed by atoms with E-state index in [1.54, 1.807) is 19.1 Å². The van der Waals surface area contributed by atoms with Crippen LogP contribution < -0.4 is 5.32 Å². The fourth-order valence-corrected chi connectivity index (χ4v) is 2.30. The highest BCUT2D eigenvalue weighted by molar-refractivity contribution is 6.40. The van der Waals surface area contributed by atoms with E-state index in [4.69, 9.17) is 14.9 Å². The Kier molecular flexibility index (Phi) is 8.71. The minimum absolute atomic E-state index is 0.0842. The lowest BCUT2D eigenvalue weighted by Crippen LogP contribution is -2.27. The van der Waals surface area contributed by atoms with Crippen LogP contribution in [0.4, 0.5) is 5.69 Å². The summed E-state index contributed by atoms with van der Waals surface area (Å²) in [6.45, 7) is 6.52. The van der Waals surface area contributed by atoms with Gasteiger partial charge in [0.2, 0.25) is 0 Å². The van der Waals surface area contributed by atoms with E-state index < -0.39 is 11.8 Å². The summed E-state index contributed by atoms with van der Waals surface area (Å²) in [5.74, 6) is -1.58. The predicted molar refractivity (Wildman–Crippen MR) is 93.9 cm³/mol. The summed E-state index contributed by atoms with van der Waals surface area (Å²) in [4.78, 5) is 23.4. The molecule has 0 amide bonds. The van der Waals surface area contributed by atoms with Gasteiger partial charge in [0, 0.05) is 29.6 Å². The van der Waals surface area contributed by atoms with Crippen molar-refractivity contribution in [1.82, 2.24) is 0 Å². The highest BCUT2D eigenvalue weighted by Crippen LogP contribution is 2.21. The summed E-state index contributed by atoms with van der Waals surface area (Å²) in [7, 11) is 0.